The van der Waals surface area contributed by atoms with Crippen LogP contribution in [0.1, 0.15) is 0 Å². The van der Waals surface area contributed by atoms with Crippen molar-refractivity contribution in [2.45, 2.75) is 0 Å². The van der Waals surface area contributed by atoms with Crippen LogP contribution in [-0.4, -0.2) is 5.21 Å². The van der Waals surface area contributed by atoms with Gasteiger partial charge in [0.2, 0.25) is 0 Å². The quantitative estimate of drug-likeness (QED) is 0.439. The Kier molecular flexibility index (Phi) is 493. The second-order valence-electron chi connectivity index (χ2n) is 0.0816. The molecule has 7 N–H and O–H groups in total. The third kappa shape index (κ3) is 525000. The predicted molar refractivity (Wildman–Crippen MR) is 17.6 cm³/mol. The van der Waals surface area contributed by atoms with Gasteiger partial charge >= 0.3 is 0 Å². The van der Waals surface area contributed by atoms with E-state index in [1.165, 1.54) is 5.34 Å². The number of nitrogens with zero attached hydrogens (tertiary/aromatic N) is 1. The summed E-state index contributed by atoms with van der Waals surface area (Å²) < 4.78 is 0. The van der Waals surface area contributed by atoms with Gasteiger partial charge in [-0.25, -0.2) is 0 Å². The largest absolute Gasteiger partial charge is 0.379 e. The molecule has 0 aliphatic carbocycles. The first-order valence-electron chi connectivity index (χ1n) is 0.383. The Morgan fingerprint density at radius 1 is 1.33 bits per heavy atom. The molecule has 0 saturated carbocycles. The van der Waals surface area contributed by atoms with Gasteiger partial charge in [0.15, 0.2) is 5.34 Å². The molecule has 0 saturated heterocycles. The van der Waals surface area contributed by atoms with E-state index >= 15 is 0 Å². The second-order valence-corrected chi connectivity index (χ2v) is 0.0816. The zero-order valence-corrected chi connectivity index (χ0v) is 5.31. The summed E-state index contributed by atoms with van der Waals surface area (Å²) in [6.07, 6.45) is 0. The van der Waals surface area contributed by atoms with Crippen LogP contribution in [0.2, 0.25) is 0 Å². The second kappa shape index (κ2) is 79.1. The van der Waals surface area contributed by atoms with Crippen LogP contribution >= 0.6 is 0 Å². The molecular weight excluding hydrogens is 269 g/mol. The molecule has 0 aromatic carbocycles. The van der Waals surface area contributed by atoms with Crippen molar-refractivity contribution < 1.29 is 26.3 Å². The van der Waals surface area contributed by atoms with Crippen molar-refractivity contribution in [1.82, 2.24) is 12.3 Å². The molecule has 0 heterocycles. The number of hydrogen-bond acceptors (Lipinski definition) is 4. The summed E-state index contributed by atoms with van der Waals surface area (Å²) in [5.74, 6) is 0. The molecule has 6 heteroatoms. The van der Waals surface area contributed by atoms with E-state index in [1.807, 2.05) is 0 Å². The molecule has 0 amide bonds. The Bertz CT molecular complexity index is 16.3. The van der Waals surface area contributed by atoms with Gasteiger partial charge in [0.1, 0.15) is 0 Å². The van der Waals surface area contributed by atoms with Gasteiger partial charge in [0.05, 0.1) is 0 Å². The first-order chi connectivity index (χ1) is 1.41. The van der Waals surface area contributed by atoms with Crippen molar-refractivity contribution in [3.63, 3.8) is 0 Å². The molecule has 0 aromatic rings. The van der Waals surface area contributed by atoms with Crippen molar-refractivity contribution in [3.8, 4) is 0 Å². The molecule has 6 heavy (non-hydrogen) atoms. The van der Waals surface area contributed by atoms with E-state index in [2.05, 4.69) is 0 Å². The molecule has 44 valence electrons. The van der Waals surface area contributed by atoms with E-state index in [9.17, 15) is 0 Å². The summed E-state index contributed by atoms with van der Waals surface area (Å²) in [4.78, 5) is 8.11. The van der Waals surface area contributed by atoms with Crippen molar-refractivity contribution in [3.05, 3.63) is 4.91 Å². The van der Waals surface area contributed by atoms with Crippen LogP contribution in [0.3, 0.4) is 0 Å². The van der Waals surface area contributed by atoms with Crippen LogP contribution in [0.25, 0.3) is 0 Å². The molecular formula is H7N3O2Pt. The monoisotopic (exact) mass is 276 g/mol. The third-order valence-electron chi connectivity index (χ3n) is 0. The summed E-state index contributed by atoms with van der Waals surface area (Å²) in [7, 11) is 0. The Hall–Kier alpha value is 0.00831. The molecule has 0 radical (unpaired) electrons. The van der Waals surface area contributed by atoms with E-state index in [0.29, 0.717) is 0 Å². The molecule has 0 aromatic heterocycles. The Balaban J connectivity index is -0.00000000667. The van der Waals surface area contributed by atoms with Crippen LogP contribution in [0.15, 0.2) is 5.34 Å². The van der Waals surface area contributed by atoms with Crippen LogP contribution in [-0.2, 0) is 21.1 Å². The van der Waals surface area contributed by atoms with Gasteiger partial charge in [0.25, 0.3) is 0 Å². The fraction of sp³-hybridized carbons (Fsp3) is 0. The minimum Gasteiger partial charge on any atom is -0.379 e. The molecule has 0 rings (SSSR count). The average molecular weight is 276 g/mol. The average Bonchev–Trinajstić information content (AvgIpc) is 0.918. The van der Waals surface area contributed by atoms with Gasteiger partial charge in [-0.1, -0.05) is 0 Å². The molecule has 0 atom stereocenters. The van der Waals surface area contributed by atoms with Crippen LogP contribution < -0.4 is 12.3 Å². The predicted octanol–water partition coefficient (Wildman–Crippen LogP) is 0.463. The van der Waals surface area contributed by atoms with Crippen molar-refractivity contribution >= 4 is 0 Å². The Morgan fingerprint density at radius 3 is 1.33 bits per heavy atom. The number of rotatable bonds is 0. The van der Waals surface area contributed by atoms with E-state index < -0.39 is 0 Å². The minimum absolute atomic E-state index is 0. The maximum Gasteiger partial charge on any atom is 0.152 e. The Morgan fingerprint density at radius 2 is 1.33 bits per heavy atom. The standard InChI is InChI=1S/HNO2.2H3N.Pt/c2-1-3;;;/h(H,2,3);2*1H3;. The SMILES string of the molecule is N.N.O=NO.[Pt]. The van der Waals surface area contributed by atoms with Gasteiger partial charge in [0, 0.05) is 21.1 Å². The topological polar surface area (TPSA) is 120 Å². The maximum absolute atomic E-state index is 8.11. The van der Waals surface area contributed by atoms with Gasteiger partial charge in [-0.3, -0.25) is 0 Å². The normalized spacial score (nSPS) is 2.00. The molecule has 0 fully saturated rings. The Labute approximate surface area is 49.5 Å². The van der Waals surface area contributed by atoms with Crippen LogP contribution in [0, 0.1) is 4.91 Å². The molecule has 0 spiro atoms. The van der Waals surface area contributed by atoms with E-state index in [1.54, 1.807) is 0 Å². The van der Waals surface area contributed by atoms with E-state index in [0.717, 1.165) is 0 Å². The third-order valence-corrected chi connectivity index (χ3v) is 0. The summed E-state index contributed by atoms with van der Waals surface area (Å²) in [6.45, 7) is 0. The summed E-state index contributed by atoms with van der Waals surface area (Å²) in [6, 6.07) is 0. The van der Waals surface area contributed by atoms with E-state index in [-0.39, 0.29) is 33.4 Å². The molecule has 0 aliphatic rings. The maximum atomic E-state index is 8.11. The molecule has 0 bridgehead atoms. The van der Waals surface area contributed by atoms with Crippen LogP contribution in [0.5, 0.6) is 0 Å². The van der Waals surface area contributed by atoms with Gasteiger partial charge in [-0.15, -0.1) is 4.91 Å². The summed E-state index contributed by atoms with van der Waals surface area (Å²) in [5.41, 5.74) is 0. The van der Waals surface area contributed by atoms with Crippen molar-refractivity contribution in [2.75, 3.05) is 0 Å². The van der Waals surface area contributed by atoms with Crippen molar-refractivity contribution in [1.29, 1.82) is 0 Å². The molecule has 0 aliphatic heterocycles. The number of hydrogen-bond donors (Lipinski definition) is 3. The van der Waals surface area contributed by atoms with E-state index in [4.69, 9.17) is 10.1 Å². The first kappa shape index (κ1) is 37.4. The summed E-state index contributed by atoms with van der Waals surface area (Å²) in [5, 5.41) is 7.89. The van der Waals surface area contributed by atoms with Crippen LogP contribution in [0.4, 0.5) is 0 Å². The summed E-state index contributed by atoms with van der Waals surface area (Å²) >= 11 is 0. The zero-order chi connectivity index (χ0) is 2.71. The smallest absolute Gasteiger partial charge is 0.152 e. The molecule has 0 unspecified atom stereocenters. The fourth-order valence-electron chi connectivity index (χ4n) is 0. The first-order valence-corrected chi connectivity index (χ1v) is 0.383. The minimum atomic E-state index is 0. The van der Waals surface area contributed by atoms with Gasteiger partial charge in [-0.2, -0.15) is 0 Å². The van der Waals surface area contributed by atoms with Crippen molar-refractivity contribution in [2.24, 2.45) is 5.34 Å². The van der Waals surface area contributed by atoms with Gasteiger partial charge < -0.3 is 17.5 Å². The van der Waals surface area contributed by atoms with Gasteiger partial charge in [-0.05, 0) is 0 Å². The fourth-order valence-corrected chi connectivity index (χ4v) is 0. The molecule has 5 nitrogen and oxygen atoms in total. The zero-order valence-electron chi connectivity index (χ0n) is 3.03.